The summed E-state index contributed by atoms with van der Waals surface area (Å²) >= 11 is 12.0. The van der Waals surface area contributed by atoms with E-state index >= 15 is 0 Å². The lowest BCUT2D eigenvalue weighted by Gasteiger charge is -2.19. The minimum atomic E-state index is -3.64. The van der Waals surface area contributed by atoms with Gasteiger partial charge in [0.25, 0.3) is 5.92 Å². The molecule has 4 aromatic rings. The Balaban J connectivity index is 1.77. The van der Waals surface area contributed by atoms with Crippen molar-refractivity contribution in [2.24, 2.45) is 0 Å². The molecule has 1 unspecified atom stereocenters. The number of aliphatic hydroxyl groups is 2. The summed E-state index contributed by atoms with van der Waals surface area (Å²) in [6.45, 7) is 3.56. The van der Waals surface area contributed by atoms with Crippen molar-refractivity contribution in [2.45, 2.75) is 38.1 Å². The Morgan fingerprint density at radius 3 is 2.43 bits per heavy atom. The first kappa shape index (κ1) is 26.7. The molecule has 0 amide bonds. The number of hydrogen-bond acceptors (Lipinski definition) is 6. The van der Waals surface area contributed by atoms with Gasteiger partial charge in [0.05, 0.1) is 12.2 Å². The monoisotopic (exact) mass is 550 g/mol. The Bertz CT molecular complexity index is 1480. The topological polar surface area (TPSA) is 111 Å². The fourth-order valence-corrected chi connectivity index (χ4v) is 3.90. The SMILES string of the molecule is C=CC(F)(F)[C@@H](O)Cn1c(-c2ccc(Cl)cc2)nn(Cc2nc(C(C)O)n(-c3cccc(Cl)c3)n2)c1=O. The third kappa shape index (κ3) is 5.64. The number of rotatable bonds is 9. The van der Waals surface area contributed by atoms with Gasteiger partial charge in [-0.3, -0.25) is 4.57 Å². The third-order valence-corrected chi connectivity index (χ3v) is 5.98. The summed E-state index contributed by atoms with van der Waals surface area (Å²) in [7, 11) is 0. The Morgan fingerprint density at radius 2 is 1.81 bits per heavy atom. The van der Waals surface area contributed by atoms with E-state index < -0.39 is 30.4 Å². The molecule has 0 saturated carbocycles. The summed E-state index contributed by atoms with van der Waals surface area (Å²) in [6, 6.07) is 13.0. The highest BCUT2D eigenvalue weighted by Gasteiger charge is 2.36. The van der Waals surface area contributed by atoms with Crippen molar-refractivity contribution in [3.63, 3.8) is 0 Å². The van der Waals surface area contributed by atoms with Crippen molar-refractivity contribution in [1.29, 1.82) is 0 Å². The lowest BCUT2D eigenvalue weighted by atomic mass is 10.1. The summed E-state index contributed by atoms with van der Waals surface area (Å²) < 4.78 is 31.4. The zero-order chi connectivity index (χ0) is 26.9. The van der Waals surface area contributed by atoms with Gasteiger partial charge in [-0.25, -0.2) is 19.1 Å². The number of halogens is 4. The van der Waals surface area contributed by atoms with Gasteiger partial charge in [-0.2, -0.15) is 8.78 Å². The molecular formula is C24H22Cl2F2N6O3. The Kier molecular flexibility index (Phi) is 7.60. The molecule has 2 aromatic heterocycles. The van der Waals surface area contributed by atoms with Gasteiger partial charge < -0.3 is 10.2 Å². The second-order valence-electron chi connectivity index (χ2n) is 8.23. The van der Waals surface area contributed by atoms with Gasteiger partial charge in [0.15, 0.2) is 17.5 Å². The van der Waals surface area contributed by atoms with Crippen LogP contribution in [0.15, 0.2) is 66.0 Å². The minimum absolute atomic E-state index is 0.0330. The third-order valence-electron chi connectivity index (χ3n) is 5.49. The molecule has 0 fully saturated rings. The molecule has 2 N–H and O–H groups in total. The van der Waals surface area contributed by atoms with Gasteiger partial charge in [0.2, 0.25) is 0 Å². The highest BCUT2D eigenvalue weighted by Crippen LogP contribution is 2.24. The van der Waals surface area contributed by atoms with E-state index in [1.807, 2.05) is 0 Å². The van der Waals surface area contributed by atoms with Crippen molar-refractivity contribution in [3.05, 3.63) is 93.4 Å². The molecule has 0 aliphatic carbocycles. The van der Waals surface area contributed by atoms with Crippen LogP contribution in [0.4, 0.5) is 8.78 Å². The van der Waals surface area contributed by atoms with E-state index in [0.717, 1.165) is 9.25 Å². The van der Waals surface area contributed by atoms with Crippen LogP contribution in [0.2, 0.25) is 10.0 Å². The number of hydrogen-bond donors (Lipinski definition) is 2. The second-order valence-corrected chi connectivity index (χ2v) is 9.10. The average molecular weight is 551 g/mol. The molecule has 0 radical (unpaired) electrons. The first-order valence-electron chi connectivity index (χ1n) is 11.0. The van der Waals surface area contributed by atoms with Crippen LogP contribution in [0.1, 0.15) is 24.7 Å². The quantitative estimate of drug-likeness (QED) is 0.306. The largest absolute Gasteiger partial charge is 0.385 e. The zero-order valence-electron chi connectivity index (χ0n) is 19.5. The molecule has 2 aromatic carbocycles. The van der Waals surface area contributed by atoms with Crippen molar-refractivity contribution < 1.29 is 19.0 Å². The molecule has 4 rings (SSSR count). The maximum absolute atomic E-state index is 14.0. The number of aromatic nitrogens is 6. The zero-order valence-corrected chi connectivity index (χ0v) is 21.0. The van der Waals surface area contributed by atoms with Crippen LogP contribution in [0.3, 0.4) is 0 Å². The van der Waals surface area contributed by atoms with Crippen molar-refractivity contribution in [2.75, 3.05) is 0 Å². The molecule has 13 heteroatoms. The predicted octanol–water partition coefficient (Wildman–Crippen LogP) is 3.88. The molecule has 0 spiro atoms. The lowest BCUT2D eigenvalue weighted by Crippen LogP contribution is -2.38. The van der Waals surface area contributed by atoms with E-state index in [4.69, 9.17) is 23.2 Å². The van der Waals surface area contributed by atoms with E-state index in [1.165, 1.54) is 11.6 Å². The minimum Gasteiger partial charge on any atom is -0.385 e. The normalized spacial score (nSPS) is 13.5. The molecule has 2 heterocycles. The maximum Gasteiger partial charge on any atom is 0.346 e. The molecule has 194 valence electrons. The van der Waals surface area contributed by atoms with Crippen LogP contribution in [0.25, 0.3) is 17.1 Å². The Labute approximate surface area is 219 Å². The van der Waals surface area contributed by atoms with Crippen LogP contribution in [0.5, 0.6) is 0 Å². The van der Waals surface area contributed by atoms with Gasteiger partial charge in [-0.1, -0.05) is 35.8 Å². The van der Waals surface area contributed by atoms with Gasteiger partial charge in [-0.15, -0.1) is 10.2 Å². The summed E-state index contributed by atoms with van der Waals surface area (Å²) in [5, 5.41) is 29.9. The van der Waals surface area contributed by atoms with Crippen molar-refractivity contribution in [3.8, 4) is 17.1 Å². The summed E-state index contributed by atoms with van der Waals surface area (Å²) in [6.07, 6.45) is -2.91. The predicted molar refractivity (Wildman–Crippen MR) is 134 cm³/mol. The first-order chi connectivity index (χ1) is 17.5. The van der Waals surface area contributed by atoms with E-state index in [-0.39, 0.29) is 24.0 Å². The summed E-state index contributed by atoms with van der Waals surface area (Å²) in [5.41, 5.74) is 0.176. The highest BCUT2D eigenvalue weighted by molar-refractivity contribution is 6.31. The van der Waals surface area contributed by atoms with Crippen LogP contribution in [-0.2, 0) is 13.1 Å². The smallest absolute Gasteiger partial charge is 0.346 e. The van der Waals surface area contributed by atoms with E-state index in [0.29, 0.717) is 27.4 Å². The first-order valence-corrected chi connectivity index (χ1v) is 11.8. The van der Waals surface area contributed by atoms with Gasteiger partial charge in [-0.05, 0) is 55.5 Å². The van der Waals surface area contributed by atoms with Crippen LogP contribution in [-0.4, -0.2) is 51.4 Å². The molecule has 2 atom stereocenters. The Hall–Kier alpha value is -3.38. The number of aliphatic hydroxyl groups excluding tert-OH is 2. The van der Waals surface area contributed by atoms with Crippen LogP contribution < -0.4 is 5.69 Å². The summed E-state index contributed by atoms with van der Waals surface area (Å²) in [5.74, 6) is -3.28. The summed E-state index contributed by atoms with van der Waals surface area (Å²) in [4.78, 5) is 17.6. The molecule has 0 aliphatic heterocycles. The number of nitrogens with zero attached hydrogens (tertiary/aromatic N) is 6. The van der Waals surface area contributed by atoms with Crippen LogP contribution >= 0.6 is 23.2 Å². The van der Waals surface area contributed by atoms with E-state index in [2.05, 4.69) is 21.8 Å². The molecule has 9 nitrogen and oxygen atoms in total. The van der Waals surface area contributed by atoms with Gasteiger partial charge in [0, 0.05) is 15.6 Å². The van der Waals surface area contributed by atoms with E-state index in [9.17, 15) is 23.8 Å². The van der Waals surface area contributed by atoms with Crippen molar-refractivity contribution in [1.82, 2.24) is 29.1 Å². The molecule has 0 bridgehead atoms. The Morgan fingerprint density at radius 1 is 1.11 bits per heavy atom. The molecular weight excluding hydrogens is 529 g/mol. The number of alkyl halides is 2. The fourth-order valence-electron chi connectivity index (χ4n) is 3.59. The maximum atomic E-state index is 14.0. The van der Waals surface area contributed by atoms with Gasteiger partial charge >= 0.3 is 5.69 Å². The standard InChI is InChI=1S/C24H22Cl2F2N6O3/c1-3-24(27,28)19(36)12-32-22(15-7-9-16(25)10-8-15)31-33(23(32)37)13-20-29-21(14(2)35)34(30-20)18-6-4-5-17(26)11-18/h3-11,14,19,35-36H,1,12-13H2,2H3/t14?,19-/m0/s1. The molecule has 0 aliphatic rings. The van der Waals surface area contributed by atoms with E-state index in [1.54, 1.807) is 48.5 Å². The lowest BCUT2D eigenvalue weighted by molar-refractivity contribution is -0.0761. The second kappa shape index (κ2) is 10.5. The van der Waals surface area contributed by atoms with Gasteiger partial charge in [0.1, 0.15) is 18.8 Å². The fraction of sp³-hybridized carbons (Fsp3) is 0.250. The highest BCUT2D eigenvalue weighted by atomic mass is 35.5. The molecule has 0 saturated heterocycles. The molecule has 37 heavy (non-hydrogen) atoms. The average Bonchev–Trinajstić information content (AvgIpc) is 3.42. The number of benzene rings is 2. The van der Waals surface area contributed by atoms with Crippen LogP contribution in [0, 0.1) is 0 Å². The van der Waals surface area contributed by atoms with Crippen molar-refractivity contribution >= 4 is 23.2 Å².